The Morgan fingerprint density at radius 2 is 1.87 bits per heavy atom. The van der Waals surface area contributed by atoms with Gasteiger partial charge in [-0.1, -0.05) is 31.2 Å². The van der Waals surface area contributed by atoms with Crippen molar-refractivity contribution in [2.24, 2.45) is 0 Å². The van der Waals surface area contributed by atoms with Crippen molar-refractivity contribution in [1.29, 1.82) is 0 Å². The van der Waals surface area contributed by atoms with Crippen LogP contribution in [0.2, 0.25) is 0 Å². The zero-order valence-corrected chi connectivity index (χ0v) is 16.9. The Kier molecular flexibility index (Phi) is 3.99. The molecule has 0 radical (unpaired) electrons. The lowest BCUT2D eigenvalue weighted by Crippen LogP contribution is -2.35. The minimum absolute atomic E-state index is 0.0897. The number of rotatable bonds is 4. The molecule has 1 amide bonds. The zero-order valence-electron chi connectivity index (χ0n) is 16.9. The first kappa shape index (κ1) is 19.3. The van der Waals surface area contributed by atoms with E-state index in [1.54, 1.807) is 29.2 Å². The average Bonchev–Trinajstić information content (AvgIpc) is 3.33. The number of carboxylic acid groups (broad SMARTS) is 1. The highest BCUT2D eigenvalue weighted by Crippen LogP contribution is 2.70. The van der Waals surface area contributed by atoms with Crippen molar-refractivity contribution in [1.82, 2.24) is 0 Å². The lowest BCUT2D eigenvalue weighted by molar-refractivity contribution is -0.120. The molecule has 0 unspecified atom stereocenters. The zero-order chi connectivity index (χ0) is 22.0. The number of nitrogen functional groups attached to an aromatic ring is 1. The Morgan fingerprint density at radius 3 is 2.58 bits per heavy atom. The number of hydrogen-bond donors (Lipinski definition) is 2. The summed E-state index contributed by atoms with van der Waals surface area (Å²) in [7, 11) is 0. The van der Waals surface area contributed by atoms with Gasteiger partial charge >= 0.3 is 5.97 Å². The van der Waals surface area contributed by atoms with Crippen LogP contribution >= 0.6 is 0 Å². The lowest BCUT2D eigenvalue weighted by atomic mass is 9.83. The van der Waals surface area contributed by atoms with E-state index < -0.39 is 16.8 Å². The topological polar surface area (TPSA) is 83.6 Å². The molecule has 0 aromatic heterocycles. The van der Waals surface area contributed by atoms with Gasteiger partial charge in [-0.15, -0.1) is 0 Å². The SMILES string of the molecule is C[C@]1(c2ccc(N)cc2)C[C@]12C(=O)N(Cc1cccc(C(=O)O)c1)c1ccc(F)cc12. The monoisotopic (exact) mass is 416 g/mol. The van der Waals surface area contributed by atoms with Crippen molar-refractivity contribution in [3.05, 3.63) is 94.8 Å². The van der Waals surface area contributed by atoms with Gasteiger partial charge in [0.25, 0.3) is 0 Å². The number of carboxylic acids is 1. The maximum Gasteiger partial charge on any atom is 0.335 e. The minimum Gasteiger partial charge on any atom is -0.478 e. The number of fused-ring (bicyclic) bond motifs is 2. The molecular formula is C25H21FN2O3. The molecule has 1 aliphatic heterocycles. The molecule has 2 atom stereocenters. The van der Waals surface area contributed by atoms with Gasteiger partial charge in [0.15, 0.2) is 0 Å². The number of halogens is 1. The fourth-order valence-corrected chi connectivity index (χ4v) is 5.07. The van der Waals surface area contributed by atoms with Gasteiger partial charge in [0.1, 0.15) is 5.82 Å². The number of hydrogen-bond acceptors (Lipinski definition) is 3. The van der Waals surface area contributed by atoms with Crippen LogP contribution in [0.5, 0.6) is 0 Å². The fraction of sp³-hybridized carbons (Fsp3) is 0.200. The van der Waals surface area contributed by atoms with Crippen molar-refractivity contribution < 1.29 is 19.1 Å². The summed E-state index contributed by atoms with van der Waals surface area (Å²) in [6.45, 7) is 2.25. The molecule has 6 heteroatoms. The summed E-state index contributed by atoms with van der Waals surface area (Å²) in [6, 6.07) is 18.5. The van der Waals surface area contributed by atoms with Gasteiger partial charge in [-0.05, 0) is 65.6 Å². The van der Waals surface area contributed by atoms with Gasteiger partial charge in [-0.2, -0.15) is 0 Å². The van der Waals surface area contributed by atoms with E-state index in [4.69, 9.17) is 5.73 Å². The predicted molar refractivity (Wildman–Crippen MR) is 115 cm³/mol. The van der Waals surface area contributed by atoms with Gasteiger partial charge in [-0.3, -0.25) is 4.79 Å². The van der Waals surface area contributed by atoms with Crippen molar-refractivity contribution in [3.63, 3.8) is 0 Å². The van der Waals surface area contributed by atoms with E-state index in [1.807, 2.05) is 31.2 Å². The molecule has 3 aromatic carbocycles. The molecule has 156 valence electrons. The molecule has 1 heterocycles. The van der Waals surface area contributed by atoms with Crippen LogP contribution in [0.4, 0.5) is 15.8 Å². The molecule has 1 fully saturated rings. The quantitative estimate of drug-likeness (QED) is 0.623. The Hall–Kier alpha value is -3.67. The third kappa shape index (κ3) is 2.68. The van der Waals surface area contributed by atoms with Gasteiger partial charge in [0.2, 0.25) is 5.91 Å². The molecule has 1 saturated carbocycles. The number of nitrogens with two attached hydrogens (primary N) is 1. The molecule has 31 heavy (non-hydrogen) atoms. The normalized spacial score (nSPS) is 23.8. The minimum atomic E-state index is -1.02. The van der Waals surface area contributed by atoms with Gasteiger partial charge in [0, 0.05) is 16.8 Å². The van der Waals surface area contributed by atoms with E-state index in [-0.39, 0.29) is 23.8 Å². The molecule has 1 spiro atoms. The van der Waals surface area contributed by atoms with E-state index in [1.165, 1.54) is 18.2 Å². The molecular weight excluding hydrogens is 395 g/mol. The Labute approximate surface area is 178 Å². The average molecular weight is 416 g/mol. The first-order valence-electron chi connectivity index (χ1n) is 10.1. The molecule has 5 nitrogen and oxygen atoms in total. The number of nitrogens with zero attached hydrogens (tertiary/aromatic N) is 1. The van der Waals surface area contributed by atoms with E-state index >= 15 is 0 Å². The van der Waals surface area contributed by atoms with Crippen molar-refractivity contribution in [2.75, 3.05) is 10.6 Å². The van der Waals surface area contributed by atoms with E-state index in [2.05, 4.69) is 0 Å². The van der Waals surface area contributed by atoms with Gasteiger partial charge in [0.05, 0.1) is 17.5 Å². The summed E-state index contributed by atoms with van der Waals surface area (Å²) < 4.78 is 14.3. The van der Waals surface area contributed by atoms with Crippen LogP contribution in [-0.4, -0.2) is 17.0 Å². The second-order valence-electron chi connectivity index (χ2n) is 8.59. The fourth-order valence-electron chi connectivity index (χ4n) is 5.07. The maximum absolute atomic E-state index is 14.3. The highest BCUT2D eigenvalue weighted by atomic mass is 19.1. The molecule has 3 aromatic rings. The van der Waals surface area contributed by atoms with E-state index in [0.717, 1.165) is 5.56 Å². The molecule has 1 aliphatic carbocycles. The van der Waals surface area contributed by atoms with Crippen molar-refractivity contribution in [2.45, 2.75) is 30.7 Å². The smallest absolute Gasteiger partial charge is 0.335 e. The summed E-state index contributed by atoms with van der Waals surface area (Å²) in [6.07, 6.45) is 0.574. The Bertz CT molecular complexity index is 1240. The highest BCUT2D eigenvalue weighted by molar-refractivity contribution is 6.12. The first-order valence-corrected chi connectivity index (χ1v) is 10.1. The molecule has 5 rings (SSSR count). The van der Waals surface area contributed by atoms with E-state index in [0.29, 0.717) is 28.9 Å². The van der Waals surface area contributed by atoms with Crippen molar-refractivity contribution in [3.8, 4) is 0 Å². The van der Waals surface area contributed by atoms with Crippen LogP contribution in [0.1, 0.15) is 40.4 Å². The molecule has 0 bridgehead atoms. The predicted octanol–water partition coefficient (Wildman–Crippen LogP) is 4.25. The number of carbonyl (C=O) groups excluding carboxylic acids is 1. The number of amides is 1. The van der Waals surface area contributed by atoms with Crippen LogP contribution in [0, 0.1) is 5.82 Å². The van der Waals surface area contributed by atoms with Crippen LogP contribution in [0.25, 0.3) is 0 Å². The van der Waals surface area contributed by atoms with Crippen LogP contribution in [0.15, 0.2) is 66.7 Å². The lowest BCUT2D eigenvalue weighted by Gasteiger charge is -2.21. The summed E-state index contributed by atoms with van der Waals surface area (Å²) in [5.74, 6) is -1.49. The summed E-state index contributed by atoms with van der Waals surface area (Å²) in [4.78, 5) is 26.8. The number of anilines is 2. The number of aromatic carboxylic acids is 1. The number of carbonyl (C=O) groups is 2. The summed E-state index contributed by atoms with van der Waals surface area (Å²) >= 11 is 0. The van der Waals surface area contributed by atoms with Crippen LogP contribution < -0.4 is 10.6 Å². The molecule has 3 N–H and O–H groups in total. The first-order chi connectivity index (χ1) is 14.8. The third-order valence-corrected chi connectivity index (χ3v) is 6.82. The number of benzene rings is 3. The third-order valence-electron chi connectivity index (χ3n) is 6.82. The standard InChI is InChI=1S/C25H21FN2O3/c1-24(17-5-8-19(27)9-6-17)14-25(24)20-12-18(26)7-10-21(20)28(23(25)31)13-15-3-2-4-16(11-15)22(29)30/h2-12H,13-14,27H2,1H3,(H,29,30)/t24-,25+/m1/s1. The largest absolute Gasteiger partial charge is 0.478 e. The molecule has 0 saturated heterocycles. The van der Waals surface area contributed by atoms with Crippen molar-refractivity contribution >= 4 is 23.3 Å². The van der Waals surface area contributed by atoms with Crippen LogP contribution in [0.3, 0.4) is 0 Å². The van der Waals surface area contributed by atoms with Crippen LogP contribution in [-0.2, 0) is 22.2 Å². The Balaban J connectivity index is 1.58. The Morgan fingerprint density at radius 1 is 1.13 bits per heavy atom. The highest BCUT2D eigenvalue weighted by Gasteiger charge is 2.74. The molecule has 2 aliphatic rings. The van der Waals surface area contributed by atoms with Gasteiger partial charge in [-0.25, -0.2) is 9.18 Å². The second-order valence-corrected chi connectivity index (χ2v) is 8.59. The second kappa shape index (κ2) is 6.41. The maximum atomic E-state index is 14.3. The summed E-state index contributed by atoms with van der Waals surface area (Å²) in [5.41, 5.74) is 8.37. The van der Waals surface area contributed by atoms with Gasteiger partial charge < -0.3 is 15.7 Å². The summed E-state index contributed by atoms with van der Waals surface area (Å²) in [5, 5.41) is 9.29. The van der Waals surface area contributed by atoms with E-state index in [9.17, 15) is 19.1 Å².